The Bertz CT molecular complexity index is 1990. The van der Waals surface area contributed by atoms with Gasteiger partial charge in [-0.05, 0) is 127 Å². The molecule has 110 heavy (non-hydrogen) atoms. The molecule has 0 aliphatic heterocycles. The number of esters is 11. The predicted molar refractivity (Wildman–Crippen MR) is 461 cm³/mol. The summed E-state index contributed by atoms with van der Waals surface area (Å²) in [5.74, 6) is -1.18. The smallest absolute Gasteiger partial charge is 0.308 e. The Morgan fingerprint density at radius 3 is 0.745 bits per heavy atom. The van der Waals surface area contributed by atoms with Crippen LogP contribution in [0.3, 0.4) is 0 Å². The summed E-state index contributed by atoms with van der Waals surface area (Å²) in [6, 6.07) is 0. The van der Waals surface area contributed by atoms with Crippen LogP contribution in [0.2, 0.25) is 0 Å². The van der Waals surface area contributed by atoms with Crippen LogP contribution < -0.4 is 0 Å². The van der Waals surface area contributed by atoms with Crippen LogP contribution in [0.5, 0.6) is 0 Å². The second-order valence-electron chi connectivity index (χ2n) is 25.4. The van der Waals surface area contributed by atoms with Crippen LogP contribution in [-0.2, 0) is 105 Å². The first kappa shape index (κ1) is 146. The summed E-state index contributed by atoms with van der Waals surface area (Å²) in [5, 5.41) is 0. The fraction of sp³-hybridized carbons (Fsp3) is 0.875. The Kier molecular flexibility index (Phi) is 137. The van der Waals surface area contributed by atoms with E-state index in [1.54, 1.807) is 0 Å². The van der Waals surface area contributed by atoms with Gasteiger partial charge < -0.3 is 52.1 Å². The van der Waals surface area contributed by atoms with E-state index in [0.29, 0.717) is 43.9 Å². The van der Waals surface area contributed by atoms with Crippen LogP contribution in [-0.4, -0.2) is 137 Å². The van der Waals surface area contributed by atoms with Crippen LogP contribution >= 0.6 is 0 Å². The van der Waals surface area contributed by atoms with Gasteiger partial charge in [-0.25, -0.2) is 0 Å². The summed E-state index contributed by atoms with van der Waals surface area (Å²) in [7, 11) is 5.61. The van der Waals surface area contributed by atoms with Crippen LogP contribution in [0.25, 0.3) is 0 Å². The van der Waals surface area contributed by atoms with Crippen molar-refractivity contribution in [2.45, 2.75) is 450 Å². The average molecular weight is 1600 g/mol. The molecule has 0 aromatic rings. The lowest BCUT2D eigenvalue weighted by atomic mass is 9.91. The van der Waals surface area contributed by atoms with Gasteiger partial charge in [0.1, 0.15) is 42.7 Å². The molecule has 0 bridgehead atoms. The molecule has 0 rings (SSSR count). The summed E-state index contributed by atoms with van der Waals surface area (Å²) in [6.45, 7) is 51.1. The lowest BCUT2D eigenvalue weighted by molar-refractivity contribution is -0.154. The second-order valence-corrected chi connectivity index (χ2v) is 25.4. The molecule has 0 saturated carbocycles. The molecular formula is C88H188O22. The van der Waals surface area contributed by atoms with Gasteiger partial charge in [0.05, 0.1) is 52.1 Å². The Morgan fingerprint density at radius 1 is 0.255 bits per heavy atom. The van der Waals surface area contributed by atoms with Crippen molar-refractivity contribution in [1.29, 1.82) is 0 Å². The minimum absolute atomic E-state index is 0. The first-order valence-electron chi connectivity index (χ1n) is 38.4. The van der Waals surface area contributed by atoms with E-state index in [1.165, 1.54) is 76.4 Å². The number of carbonyl (C=O) groups excluding carboxylic acids is 11. The largest absolute Gasteiger partial charge is 0.469 e. The average Bonchev–Trinajstić information content (AvgIpc) is 0.912. The van der Waals surface area contributed by atoms with Gasteiger partial charge >= 0.3 is 65.7 Å². The Morgan fingerprint density at radius 2 is 0.518 bits per heavy atom. The summed E-state index contributed by atoms with van der Waals surface area (Å²) in [5.41, 5.74) is 0. The molecule has 22 heteroatoms. The highest BCUT2D eigenvalue weighted by Gasteiger charge is 2.26. The predicted octanol–water partition coefficient (Wildman–Crippen LogP) is 24.0. The van der Waals surface area contributed by atoms with E-state index < -0.39 is 0 Å². The molecule has 0 radical (unpaired) electrons. The first-order chi connectivity index (χ1) is 47.9. The van der Waals surface area contributed by atoms with Crippen molar-refractivity contribution in [3.8, 4) is 0 Å². The second kappa shape index (κ2) is 103. The zero-order chi connectivity index (χ0) is 81.3. The molecule has 22 nitrogen and oxygen atoms in total. The van der Waals surface area contributed by atoms with Gasteiger partial charge in [0.2, 0.25) is 0 Å². The van der Waals surface area contributed by atoms with Crippen molar-refractivity contribution in [3.05, 3.63) is 0 Å². The summed E-state index contributed by atoms with van der Waals surface area (Å²) in [4.78, 5) is 119. The quantitative estimate of drug-likeness (QED) is 0.0407. The summed E-state index contributed by atoms with van der Waals surface area (Å²) < 4.78 is 54.0. The molecule has 0 saturated heterocycles. The van der Waals surface area contributed by atoms with Gasteiger partial charge in [-0.1, -0.05) is 237 Å². The molecule has 0 heterocycles. The minimum Gasteiger partial charge on any atom is -0.469 e. The fourth-order valence-corrected chi connectivity index (χ4v) is 9.39. The molecule has 0 aromatic heterocycles. The van der Waals surface area contributed by atoms with Gasteiger partial charge in [-0.3, -0.25) is 52.7 Å². The van der Waals surface area contributed by atoms with Gasteiger partial charge in [-0.2, -0.15) is 0 Å². The molecule has 0 spiro atoms. The van der Waals surface area contributed by atoms with Crippen molar-refractivity contribution < 1.29 is 105 Å². The number of methoxy groups -OCH3 is 4. The molecule has 8 atom stereocenters. The minimum atomic E-state index is -0.292. The van der Waals surface area contributed by atoms with E-state index >= 15 is 0 Å². The molecular weight excluding hydrogens is 1410 g/mol. The van der Waals surface area contributed by atoms with Crippen LogP contribution in [0.1, 0.15) is 407 Å². The maximum Gasteiger partial charge on any atom is 0.308 e. The lowest BCUT2D eigenvalue weighted by Gasteiger charge is -2.22. The highest BCUT2D eigenvalue weighted by molar-refractivity contribution is 5.76. The van der Waals surface area contributed by atoms with Crippen molar-refractivity contribution >= 4 is 65.7 Å². The SMILES string of the molecule is C.C.C.C.C.C.C.C.CC(=O)OC(CC(C)C)C(C)C.CCC(=O)OC(CC)CC.CCC(CC(CC)C(=O)OC)C(=O)OC.CCC(CC(CC)OC(C)=O)OC(C)=O.CCC(CC)C(=O)OC.CCC(CC)OC(C)=O.CCCC(CC)C(=O)OC.CCCC(CC)OC(C)=O.CCCCC(CCC)OC(C)=O. The molecule has 672 valence electrons. The zero-order valence-corrected chi connectivity index (χ0v) is 70.7. The summed E-state index contributed by atoms with van der Waals surface area (Å²) in [6.07, 6.45) is 22.4. The van der Waals surface area contributed by atoms with Gasteiger partial charge in [-0.15, -0.1) is 0 Å². The van der Waals surface area contributed by atoms with E-state index in [2.05, 4.69) is 74.3 Å². The number of carbonyl (C=O) groups is 11. The molecule has 0 N–H and O–H groups in total. The highest BCUT2D eigenvalue weighted by atomic mass is 16.6. The zero-order valence-electron chi connectivity index (χ0n) is 70.7. The molecule has 0 amide bonds. The Hall–Kier alpha value is -5.83. The van der Waals surface area contributed by atoms with Crippen molar-refractivity contribution in [2.24, 2.45) is 35.5 Å². The van der Waals surface area contributed by atoms with E-state index in [9.17, 15) is 52.7 Å². The van der Waals surface area contributed by atoms with Crippen LogP contribution in [0, 0.1) is 35.5 Å². The number of unbranched alkanes of at least 4 members (excludes halogenated alkanes) is 1. The third-order valence-corrected chi connectivity index (χ3v) is 15.6. The molecule has 0 fully saturated rings. The molecule has 0 aliphatic carbocycles. The topological polar surface area (TPSA) is 289 Å². The van der Waals surface area contributed by atoms with E-state index in [-0.39, 0.29) is 191 Å². The standard InChI is InChI=1S/2C11H20O4.2C10H20O2.3C8H16O2.2C7H14O2.8CH4/c1-5-8(10(12)14-3)7-9(6-2)11(13)15-4;1-5-10(14-8(3)12)7-11(6-2)15-9(4)13;1-7(2)6-10(8(3)4)12-9(5)11;1-4-6-8-10(7-5-2)12-9(3)11;1-4-6-7(5-2)8(9)10-3;1-4-6-8(5-2)10-7(3)9;1-4-7(5-2)10-8(9)6-3;1-4-6(5-2)7(8)9-3;1-4-7(5-2)9-6(3)8;;;;;;;;/h8-9H,5-7H2,1-4H3;10-11H,5-7H2,1-4H3;7-8,10H,6H2,1-5H3;10H,4-8H2,1-3H3;7H,4-6H2,1-3H3;8H,4-6H2,1-3H3;7H,4-6H2,1-3H3;6H,4-5H2,1-3H3;7H,4-5H2,1-3H3;8*1H4. The fourth-order valence-electron chi connectivity index (χ4n) is 9.39. The van der Waals surface area contributed by atoms with Gasteiger partial charge in [0, 0.05) is 54.4 Å². The highest BCUT2D eigenvalue weighted by Crippen LogP contribution is 2.22. The van der Waals surface area contributed by atoms with Crippen molar-refractivity contribution in [2.75, 3.05) is 28.4 Å². The normalized spacial score (nSPS) is 11.5. The maximum atomic E-state index is 11.3. The third-order valence-electron chi connectivity index (χ3n) is 15.6. The maximum absolute atomic E-state index is 11.3. The van der Waals surface area contributed by atoms with Crippen LogP contribution in [0.15, 0.2) is 0 Å². The van der Waals surface area contributed by atoms with Crippen molar-refractivity contribution in [1.82, 2.24) is 0 Å². The van der Waals surface area contributed by atoms with Gasteiger partial charge in [0.15, 0.2) is 0 Å². The number of hydrogen-bond acceptors (Lipinski definition) is 22. The number of rotatable bonds is 40. The molecule has 0 aliphatic rings. The van der Waals surface area contributed by atoms with E-state index in [1.807, 2.05) is 90.0 Å². The number of hydrogen-bond donors (Lipinski definition) is 0. The lowest BCUT2D eigenvalue weighted by Crippen LogP contribution is -2.25. The first-order valence-corrected chi connectivity index (χ1v) is 38.4. The third kappa shape index (κ3) is 102. The Balaban J connectivity index is -0.0000000588. The van der Waals surface area contributed by atoms with Crippen molar-refractivity contribution in [3.63, 3.8) is 0 Å². The van der Waals surface area contributed by atoms with E-state index in [0.717, 1.165) is 122 Å². The Labute approximate surface area is 681 Å². The van der Waals surface area contributed by atoms with E-state index in [4.69, 9.17) is 33.2 Å². The molecule has 8 unspecified atom stereocenters. The number of ether oxygens (including phenoxy) is 11. The van der Waals surface area contributed by atoms with Crippen LogP contribution in [0.4, 0.5) is 0 Å². The monoisotopic (exact) mass is 1600 g/mol. The summed E-state index contributed by atoms with van der Waals surface area (Å²) >= 11 is 0. The van der Waals surface area contributed by atoms with Gasteiger partial charge in [0.25, 0.3) is 0 Å². The molecule has 0 aromatic carbocycles.